The molecule has 0 saturated carbocycles. The number of aliphatic carboxylic acids is 1. The van der Waals surface area contributed by atoms with Crippen molar-refractivity contribution in [2.75, 3.05) is 0 Å². The molecule has 15 heavy (non-hydrogen) atoms. The fourth-order valence-corrected chi connectivity index (χ4v) is 1.76. The van der Waals surface area contributed by atoms with Crippen LogP contribution in [-0.2, 0) is 11.2 Å². The first-order chi connectivity index (χ1) is 7.00. The first kappa shape index (κ1) is 12.1. The number of rotatable bonds is 4. The second kappa shape index (κ2) is 5.17. The number of carbonyl (C=O) groups is 1. The third-order valence-corrected chi connectivity index (χ3v) is 2.91. The van der Waals surface area contributed by atoms with Gasteiger partial charge < -0.3 is 5.11 Å². The molecule has 3 heteroatoms. The average molecular weight is 227 g/mol. The number of aryl methyl sites for hydroxylation is 2. The van der Waals surface area contributed by atoms with Gasteiger partial charge in [0, 0.05) is 11.4 Å². The number of benzene rings is 1. The van der Waals surface area contributed by atoms with Crippen molar-refractivity contribution < 1.29 is 9.90 Å². The van der Waals surface area contributed by atoms with Crippen LogP contribution in [0.4, 0.5) is 0 Å². The molecule has 0 unspecified atom stereocenters. The molecule has 0 aliphatic rings. The number of halogens is 1. The van der Waals surface area contributed by atoms with Crippen LogP contribution >= 0.6 is 11.6 Å². The topological polar surface area (TPSA) is 37.3 Å². The van der Waals surface area contributed by atoms with Crippen LogP contribution in [0.1, 0.15) is 29.5 Å². The highest BCUT2D eigenvalue weighted by molar-refractivity contribution is 6.31. The van der Waals surface area contributed by atoms with Gasteiger partial charge in [-0.05, 0) is 49.4 Å². The average Bonchev–Trinajstić information content (AvgIpc) is 2.13. The summed E-state index contributed by atoms with van der Waals surface area (Å²) >= 11 is 6.04. The number of hydrogen-bond donors (Lipinski definition) is 1. The third kappa shape index (κ3) is 3.56. The van der Waals surface area contributed by atoms with Crippen molar-refractivity contribution >= 4 is 17.6 Å². The largest absolute Gasteiger partial charge is 0.481 e. The zero-order valence-electron chi connectivity index (χ0n) is 9.01. The van der Waals surface area contributed by atoms with Gasteiger partial charge in [-0.15, -0.1) is 0 Å². The van der Waals surface area contributed by atoms with E-state index in [1.54, 1.807) is 0 Å². The van der Waals surface area contributed by atoms with E-state index >= 15 is 0 Å². The maximum atomic E-state index is 10.4. The Labute approximate surface area is 94.9 Å². The fraction of sp³-hybridized carbons (Fsp3) is 0.417. The summed E-state index contributed by atoms with van der Waals surface area (Å²) in [7, 11) is 0. The van der Waals surface area contributed by atoms with Gasteiger partial charge >= 0.3 is 5.97 Å². The lowest BCUT2D eigenvalue weighted by Crippen LogP contribution is -1.96. The van der Waals surface area contributed by atoms with E-state index in [1.165, 1.54) is 0 Å². The van der Waals surface area contributed by atoms with Crippen molar-refractivity contribution in [3.05, 3.63) is 33.8 Å². The molecular weight excluding hydrogens is 212 g/mol. The Kier molecular flexibility index (Phi) is 4.15. The van der Waals surface area contributed by atoms with Gasteiger partial charge in [-0.3, -0.25) is 4.79 Å². The lowest BCUT2D eigenvalue weighted by atomic mass is 10.0. The Bertz CT molecular complexity index is 349. The van der Waals surface area contributed by atoms with Crippen LogP contribution in [0.5, 0.6) is 0 Å². The van der Waals surface area contributed by atoms with Crippen LogP contribution < -0.4 is 0 Å². The Morgan fingerprint density at radius 1 is 1.40 bits per heavy atom. The molecule has 0 aliphatic carbocycles. The molecule has 1 N–H and O–H groups in total. The molecule has 0 saturated heterocycles. The normalized spacial score (nSPS) is 10.3. The molecule has 1 aromatic rings. The monoisotopic (exact) mass is 226 g/mol. The van der Waals surface area contributed by atoms with Crippen LogP contribution in [0.25, 0.3) is 0 Å². The summed E-state index contributed by atoms with van der Waals surface area (Å²) in [4.78, 5) is 10.4. The van der Waals surface area contributed by atoms with E-state index in [4.69, 9.17) is 16.7 Å². The molecule has 0 amide bonds. The number of carboxylic acids is 1. The molecule has 2 nitrogen and oxygen atoms in total. The SMILES string of the molecule is Cc1cc(CCCC(=O)O)cc(Cl)c1C. The van der Waals surface area contributed by atoms with Crippen LogP contribution in [-0.4, -0.2) is 11.1 Å². The Hall–Kier alpha value is -1.02. The van der Waals surface area contributed by atoms with E-state index in [1.807, 2.05) is 19.9 Å². The zero-order chi connectivity index (χ0) is 11.4. The summed E-state index contributed by atoms with van der Waals surface area (Å²) in [6.07, 6.45) is 1.64. The minimum atomic E-state index is -0.745. The highest BCUT2D eigenvalue weighted by atomic mass is 35.5. The van der Waals surface area contributed by atoms with Gasteiger partial charge in [-0.2, -0.15) is 0 Å². The van der Waals surface area contributed by atoms with Gasteiger partial charge in [0.1, 0.15) is 0 Å². The van der Waals surface area contributed by atoms with E-state index in [9.17, 15) is 4.79 Å². The molecule has 0 aromatic heterocycles. The fourth-order valence-electron chi connectivity index (χ4n) is 1.48. The third-order valence-electron chi connectivity index (χ3n) is 2.52. The summed E-state index contributed by atoms with van der Waals surface area (Å²) in [6, 6.07) is 3.99. The molecular formula is C12H15ClO2. The predicted molar refractivity (Wildman–Crippen MR) is 61.5 cm³/mol. The molecule has 82 valence electrons. The van der Waals surface area contributed by atoms with Gasteiger partial charge in [0.05, 0.1) is 0 Å². The van der Waals surface area contributed by atoms with Gasteiger partial charge in [-0.25, -0.2) is 0 Å². The molecule has 0 fully saturated rings. The molecule has 0 spiro atoms. The summed E-state index contributed by atoms with van der Waals surface area (Å²) in [5.41, 5.74) is 3.37. The number of carboxylic acid groups (broad SMARTS) is 1. The maximum absolute atomic E-state index is 10.4. The van der Waals surface area contributed by atoms with E-state index in [-0.39, 0.29) is 6.42 Å². The Morgan fingerprint density at radius 2 is 2.07 bits per heavy atom. The summed E-state index contributed by atoms with van der Waals surface area (Å²) in [6.45, 7) is 4.00. The Balaban J connectivity index is 2.66. The summed E-state index contributed by atoms with van der Waals surface area (Å²) < 4.78 is 0. The second-order valence-corrected chi connectivity index (χ2v) is 4.17. The summed E-state index contributed by atoms with van der Waals surface area (Å²) in [5, 5.41) is 9.28. The van der Waals surface area contributed by atoms with Gasteiger partial charge in [0.15, 0.2) is 0 Å². The molecule has 1 rings (SSSR count). The lowest BCUT2D eigenvalue weighted by Gasteiger charge is -2.07. The van der Waals surface area contributed by atoms with Crippen molar-refractivity contribution in [1.29, 1.82) is 0 Å². The summed E-state index contributed by atoms with van der Waals surface area (Å²) in [5.74, 6) is -0.745. The van der Waals surface area contributed by atoms with Crippen molar-refractivity contribution in [3.63, 3.8) is 0 Å². The van der Waals surface area contributed by atoms with Crippen LogP contribution in [0.2, 0.25) is 5.02 Å². The van der Waals surface area contributed by atoms with E-state index < -0.39 is 5.97 Å². The molecule has 0 radical (unpaired) electrons. The highest BCUT2D eigenvalue weighted by Gasteiger charge is 2.03. The van der Waals surface area contributed by atoms with Gasteiger partial charge in [-0.1, -0.05) is 17.7 Å². The zero-order valence-corrected chi connectivity index (χ0v) is 9.77. The van der Waals surface area contributed by atoms with Gasteiger partial charge in [0.2, 0.25) is 0 Å². The lowest BCUT2D eigenvalue weighted by molar-refractivity contribution is -0.137. The van der Waals surface area contributed by atoms with Crippen molar-refractivity contribution in [3.8, 4) is 0 Å². The molecule has 0 atom stereocenters. The van der Waals surface area contributed by atoms with E-state index in [2.05, 4.69) is 6.07 Å². The molecule has 0 heterocycles. The maximum Gasteiger partial charge on any atom is 0.303 e. The highest BCUT2D eigenvalue weighted by Crippen LogP contribution is 2.21. The van der Waals surface area contributed by atoms with E-state index in [0.29, 0.717) is 6.42 Å². The van der Waals surface area contributed by atoms with Crippen molar-refractivity contribution in [2.24, 2.45) is 0 Å². The Morgan fingerprint density at radius 3 is 2.60 bits per heavy atom. The predicted octanol–water partition coefficient (Wildman–Crippen LogP) is 3.36. The van der Waals surface area contributed by atoms with E-state index in [0.717, 1.165) is 28.1 Å². The minimum Gasteiger partial charge on any atom is -0.481 e. The number of hydrogen-bond acceptors (Lipinski definition) is 1. The second-order valence-electron chi connectivity index (χ2n) is 3.77. The van der Waals surface area contributed by atoms with Crippen molar-refractivity contribution in [1.82, 2.24) is 0 Å². The standard InChI is InChI=1S/C12H15ClO2/c1-8-6-10(4-3-5-12(14)15)7-11(13)9(8)2/h6-7H,3-5H2,1-2H3,(H,14,15). The van der Waals surface area contributed by atoms with Crippen molar-refractivity contribution in [2.45, 2.75) is 33.1 Å². The van der Waals surface area contributed by atoms with Crippen LogP contribution in [0.3, 0.4) is 0 Å². The van der Waals surface area contributed by atoms with Crippen LogP contribution in [0, 0.1) is 13.8 Å². The molecule has 0 aliphatic heterocycles. The molecule has 0 bridgehead atoms. The molecule has 1 aromatic carbocycles. The first-order valence-corrected chi connectivity index (χ1v) is 5.36. The minimum absolute atomic E-state index is 0.213. The van der Waals surface area contributed by atoms with Gasteiger partial charge in [0.25, 0.3) is 0 Å². The van der Waals surface area contributed by atoms with Crippen LogP contribution in [0.15, 0.2) is 12.1 Å². The first-order valence-electron chi connectivity index (χ1n) is 4.98. The quantitative estimate of drug-likeness (QED) is 0.855. The smallest absolute Gasteiger partial charge is 0.303 e.